The number of aromatic amines is 1. The van der Waals surface area contributed by atoms with E-state index in [1.807, 2.05) is 42.5 Å². The quantitative estimate of drug-likeness (QED) is 0.440. The number of aromatic nitrogens is 1. The summed E-state index contributed by atoms with van der Waals surface area (Å²) in [5, 5.41) is 12.0. The molecule has 2 amide bonds. The van der Waals surface area contributed by atoms with E-state index < -0.39 is 30.6 Å². The Labute approximate surface area is 202 Å². The highest BCUT2D eigenvalue weighted by Crippen LogP contribution is 2.44. The number of amides is 2. The van der Waals surface area contributed by atoms with Crippen molar-refractivity contribution in [2.24, 2.45) is 0 Å². The third-order valence-electron chi connectivity index (χ3n) is 6.60. The van der Waals surface area contributed by atoms with Gasteiger partial charge in [0.25, 0.3) is 0 Å². The maximum absolute atomic E-state index is 13.3. The van der Waals surface area contributed by atoms with Crippen molar-refractivity contribution in [3.8, 4) is 11.1 Å². The Balaban J connectivity index is 1.30. The first-order valence-corrected chi connectivity index (χ1v) is 11.8. The van der Waals surface area contributed by atoms with Crippen LogP contribution in [0.15, 0.2) is 66.9 Å². The molecule has 1 atom stereocenters. The van der Waals surface area contributed by atoms with Gasteiger partial charge in [-0.05, 0) is 47.2 Å². The minimum absolute atomic E-state index is 0.0966. The zero-order valence-corrected chi connectivity index (χ0v) is 19.1. The van der Waals surface area contributed by atoms with Gasteiger partial charge in [-0.15, -0.1) is 0 Å². The van der Waals surface area contributed by atoms with Gasteiger partial charge in [-0.2, -0.15) is 0 Å². The first-order chi connectivity index (χ1) is 17.0. The minimum Gasteiger partial charge on any atom is -0.480 e. The van der Waals surface area contributed by atoms with Crippen molar-refractivity contribution in [2.45, 2.75) is 37.3 Å². The van der Waals surface area contributed by atoms with Gasteiger partial charge in [0.05, 0.1) is 0 Å². The zero-order valence-electron chi connectivity index (χ0n) is 19.1. The fourth-order valence-electron chi connectivity index (χ4n) is 4.82. The van der Waals surface area contributed by atoms with Crippen molar-refractivity contribution in [1.29, 1.82) is 0 Å². The van der Waals surface area contributed by atoms with Crippen LogP contribution in [0.25, 0.3) is 11.1 Å². The lowest BCUT2D eigenvalue weighted by Gasteiger charge is -2.26. The highest BCUT2D eigenvalue weighted by molar-refractivity contribution is 5.89. The molecule has 180 valence electrons. The summed E-state index contributed by atoms with van der Waals surface area (Å²) in [6.07, 6.45) is 2.76. The van der Waals surface area contributed by atoms with E-state index in [4.69, 9.17) is 4.74 Å². The number of alkyl carbamates (subject to hydrolysis) is 1. The largest absolute Gasteiger partial charge is 0.480 e. The Morgan fingerprint density at radius 3 is 2.23 bits per heavy atom. The number of ether oxygens (including phenoxy) is 1. The molecule has 1 unspecified atom stereocenters. The molecule has 5 rings (SSSR count). The Kier molecular flexibility index (Phi) is 6.27. The zero-order chi connectivity index (χ0) is 24.4. The van der Waals surface area contributed by atoms with Crippen molar-refractivity contribution in [3.63, 3.8) is 0 Å². The number of fused-ring (bicyclic) bond motifs is 3. The van der Waals surface area contributed by atoms with Gasteiger partial charge in [0.15, 0.2) is 0 Å². The molecule has 2 aliphatic rings. The molecule has 1 saturated carbocycles. The average molecular weight is 474 g/mol. The van der Waals surface area contributed by atoms with Crippen LogP contribution < -0.4 is 5.32 Å². The van der Waals surface area contributed by atoms with E-state index in [1.54, 1.807) is 12.3 Å². The van der Waals surface area contributed by atoms with E-state index in [2.05, 4.69) is 22.4 Å². The van der Waals surface area contributed by atoms with E-state index in [1.165, 1.54) is 4.90 Å². The molecule has 2 aromatic carbocycles. The minimum atomic E-state index is -1.08. The van der Waals surface area contributed by atoms with Gasteiger partial charge in [0.2, 0.25) is 5.91 Å². The average Bonchev–Trinajstić information content (AvgIpc) is 3.47. The fourth-order valence-corrected chi connectivity index (χ4v) is 4.82. The van der Waals surface area contributed by atoms with Crippen LogP contribution in [0.4, 0.5) is 4.79 Å². The second-order valence-electron chi connectivity index (χ2n) is 9.01. The third-order valence-corrected chi connectivity index (χ3v) is 6.60. The number of carboxylic acids is 1. The lowest BCUT2D eigenvalue weighted by Crippen LogP contribution is -2.52. The van der Waals surface area contributed by atoms with Crippen molar-refractivity contribution >= 4 is 18.0 Å². The maximum Gasteiger partial charge on any atom is 0.407 e. The Bertz CT molecular complexity index is 1190. The van der Waals surface area contributed by atoms with Crippen LogP contribution in [0, 0.1) is 0 Å². The Hall–Kier alpha value is -4.07. The number of benzene rings is 2. The standard InChI is InChI=1S/C27H27N3O5/c31-25(32)15-30(18-11-12-18)26(33)24(14-17-6-5-13-28-17)29-27(34)35-16-23-21-9-3-1-7-19(21)20-8-2-4-10-22(20)23/h1-10,13,18,23-24,28H,11-12,14-16H2,(H,29,34)(H,31,32). The van der Waals surface area contributed by atoms with Gasteiger partial charge in [0.1, 0.15) is 19.2 Å². The van der Waals surface area contributed by atoms with E-state index in [9.17, 15) is 19.5 Å². The lowest BCUT2D eigenvalue weighted by atomic mass is 9.98. The van der Waals surface area contributed by atoms with Crippen LogP contribution in [0.1, 0.15) is 35.6 Å². The predicted molar refractivity (Wildman–Crippen MR) is 129 cm³/mol. The second-order valence-corrected chi connectivity index (χ2v) is 9.01. The molecular weight excluding hydrogens is 446 g/mol. The van der Waals surface area contributed by atoms with E-state index in [0.29, 0.717) is 0 Å². The summed E-state index contributed by atoms with van der Waals surface area (Å²) in [6, 6.07) is 18.7. The first kappa shape index (κ1) is 22.7. The molecule has 35 heavy (non-hydrogen) atoms. The molecule has 1 fully saturated rings. The van der Waals surface area contributed by atoms with Gasteiger partial charge >= 0.3 is 12.1 Å². The Morgan fingerprint density at radius 2 is 1.66 bits per heavy atom. The number of hydrogen-bond donors (Lipinski definition) is 3. The van der Waals surface area contributed by atoms with E-state index in [-0.39, 0.29) is 25.0 Å². The van der Waals surface area contributed by atoms with Crippen molar-refractivity contribution in [1.82, 2.24) is 15.2 Å². The molecule has 8 heteroatoms. The molecule has 0 bridgehead atoms. The number of nitrogens with zero attached hydrogens (tertiary/aromatic N) is 1. The van der Waals surface area contributed by atoms with Gasteiger partial charge < -0.3 is 25.0 Å². The molecule has 0 saturated heterocycles. The fraction of sp³-hybridized carbons (Fsp3) is 0.296. The molecule has 1 heterocycles. The second kappa shape index (κ2) is 9.66. The predicted octanol–water partition coefficient (Wildman–Crippen LogP) is 3.54. The number of H-pyrrole nitrogens is 1. The number of nitrogens with one attached hydrogen (secondary N) is 2. The molecule has 3 aromatic rings. The smallest absolute Gasteiger partial charge is 0.407 e. The third kappa shape index (κ3) is 4.91. The normalized spacial score (nSPS) is 15.1. The molecule has 1 aromatic heterocycles. The number of aliphatic carboxylic acids is 1. The maximum atomic E-state index is 13.3. The molecule has 8 nitrogen and oxygen atoms in total. The van der Waals surface area contributed by atoms with Crippen LogP contribution in [0.5, 0.6) is 0 Å². The van der Waals surface area contributed by atoms with Gasteiger partial charge in [-0.3, -0.25) is 9.59 Å². The molecule has 2 aliphatic carbocycles. The van der Waals surface area contributed by atoms with Crippen LogP contribution >= 0.6 is 0 Å². The number of rotatable bonds is 9. The summed E-state index contributed by atoms with van der Waals surface area (Å²) in [7, 11) is 0. The molecule has 0 aliphatic heterocycles. The molecule has 3 N–H and O–H groups in total. The monoisotopic (exact) mass is 473 g/mol. The molecule has 0 spiro atoms. The molecular formula is C27H27N3O5. The number of carbonyl (C=O) groups is 3. The first-order valence-electron chi connectivity index (χ1n) is 11.8. The van der Waals surface area contributed by atoms with E-state index in [0.717, 1.165) is 40.8 Å². The summed E-state index contributed by atoms with van der Waals surface area (Å²) in [4.78, 5) is 41.9. The van der Waals surface area contributed by atoms with Crippen LogP contribution in [0.3, 0.4) is 0 Å². The van der Waals surface area contributed by atoms with Gasteiger partial charge in [0, 0.05) is 30.3 Å². The Morgan fingerprint density at radius 1 is 1.00 bits per heavy atom. The van der Waals surface area contributed by atoms with Gasteiger partial charge in [-0.1, -0.05) is 48.5 Å². The van der Waals surface area contributed by atoms with Crippen LogP contribution in [-0.4, -0.2) is 58.2 Å². The van der Waals surface area contributed by atoms with Crippen LogP contribution in [-0.2, 0) is 20.7 Å². The number of carbonyl (C=O) groups excluding carboxylic acids is 2. The topological polar surface area (TPSA) is 112 Å². The van der Waals surface area contributed by atoms with Crippen molar-refractivity contribution in [2.75, 3.05) is 13.2 Å². The van der Waals surface area contributed by atoms with Gasteiger partial charge in [-0.25, -0.2) is 4.79 Å². The lowest BCUT2D eigenvalue weighted by molar-refractivity contribution is -0.145. The summed E-state index contributed by atoms with van der Waals surface area (Å²) < 4.78 is 5.63. The van der Waals surface area contributed by atoms with E-state index >= 15 is 0 Å². The summed E-state index contributed by atoms with van der Waals surface area (Å²) in [6.45, 7) is -0.262. The highest BCUT2D eigenvalue weighted by atomic mass is 16.5. The van der Waals surface area contributed by atoms with Crippen LogP contribution in [0.2, 0.25) is 0 Å². The summed E-state index contributed by atoms with van der Waals surface area (Å²) >= 11 is 0. The number of hydrogen-bond acceptors (Lipinski definition) is 4. The SMILES string of the molecule is O=C(O)CN(C(=O)C(Cc1ccc[nH]1)NC(=O)OCC1c2ccccc2-c2ccccc21)C1CC1. The molecule has 0 radical (unpaired) electrons. The van der Waals surface area contributed by atoms with Crippen molar-refractivity contribution < 1.29 is 24.2 Å². The summed E-state index contributed by atoms with van der Waals surface area (Å²) in [5.41, 5.74) is 5.22. The van der Waals surface area contributed by atoms with Crippen molar-refractivity contribution in [3.05, 3.63) is 83.7 Å². The number of carboxylic acid groups (broad SMARTS) is 1. The summed E-state index contributed by atoms with van der Waals surface area (Å²) in [5.74, 6) is -1.59. The highest BCUT2D eigenvalue weighted by Gasteiger charge is 2.38.